The van der Waals surface area contributed by atoms with E-state index >= 15 is 0 Å². The standard InChI is InChI=1S/C18H32N6O/c1-3-19-17(20-14-18(25)8-4-5-9-18)22-15-7-6-10-24(12-15)16-11-21-23(2)13-16/h11,13,15,25H,3-10,12,14H2,1-2H3,(H2,19,20,22). The van der Waals surface area contributed by atoms with Gasteiger partial charge in [0.05, 0.1) is 24.0 Å². The number of aliphatic hydroxyl groups is 1. The average molecular weight is 348 g/mol. The molecule has 1 atom stereocenters. The molecular weight excluding hydrogens is 316 g/mol. The van der Waals surface area contributed by atoms with E-state index in [1.54, 1.807) is 0 Å². The summed E-state index contributed by atoms with van der Waals surface area (Å²) in [5, 5.41) is 21.7. The molecule has 1 aromatic heterocycles. The first kappa shape index (κ1) is 18.0. The van der Waals surface area contributed by atoms with Crippen LogP contribution in [-0.2, 0) is 7.05 Å². The molecule has 0 spiro atoms. The van der Waals surface area contributed by atoms with Gasteiger partial charge in [0.1, 0.15) is 0 Å². The quantitative estimate of drug-likeness (QED) is 0.551. The Labute approximate surface area is 150 Å². The minimum atomic E-state index is -0.601. The first-order valence-electron chi connectivity index (χ1n) is 9.59. The molecule has 3 rings (SSSR count). The third kappa shape index (κ3) is 4.87. The van der Waals surface area contributed by atoms with Crippen molar-refractivity contribution in [2.45, 2.75) is 57.1 Å². The van der Waals surface area contributed by atoms with Crippen LogP contribution in [0.3, 0.4) is 0 Å². The van der Waals surface area contributed by atoms with Gasteiger partial charge < -0.3 is 20.6 Å². The third-order valence-corrected chi connectivity index (χ3v) is 5.23. The molecule has 7 nitrogen and oxygen atoms in total. The number of aryl methyl sites for hydroxylation is 1. The lowest BCUT2D eigenvalue weighted by molar-refractivity contribution is 0.0574. The molecule has 1 aliphatic heterocycles. The molecule has 7 heteroatoms. The van der Waals surface area contributed by atoms with E-state index in [9.17, 15) is 5.11 Å². The second-order valence-electron chi connectivity index (χ2n) is 7.43. The van der Waals surface area contributed by atoms with Crippen molar-refractivity contribution in [1.82, 2.24) is 20.4 Å². The number of guanidine groups is 1. The summed E-state index contributed by atoms with van der Waals surface area (Å²) in [5.41, 5.74) is 0.577. The lowest BCUT2D eigenvalue weighted by Gasteiger charge is -2.34. The number of nitrogens with zero attached hydrogens (tertiary/aromatic N) is 4. The van der Waals surface area contributed by atoms with Gasteiger partial charge in [0.2, 0.25) is 0 Å². The Bertz CT molecular complexity index is 578. The molecule has 1 unspecified atom stereocenters. The average Bonchev–Trinajstić information content (AvgIpc) is 3.22. The van der Waals surface area contributed by atoms with Crippen molar-refractivity contribution in [3.05, 3.63) is 12.4 Å². The summed E-state index contributed by atoms with van der Waals surface area (Å²) >= 11 is 0. The summed E-state index contributed by atoms with van der Waals surface area (Å²) in [5.74, 6) is 0.820. The number of piperidine rings is 1. The molecule has 2 heterocycles. The molecular formula is C18H32N6O. The maximum atomic E-state index is 10.5. The van der Waals surface area contributed by atoms with Gasteiger partial charge >= 0.3 is 0 Å². The van der Waals surface area contributed by atoms with Crippen LogP contribution in [0, 0.1) is 0 Å². The predicted octanol–water partition coefficient (Wildman–Crippen LogP) is 1.25. The van der Waals surface area contributed by atoms with Crippen molar-refractivity contribution in [2.24, 2.45) is 12.0 Å². The van der Waals surface area contributed by atoms with E-state index < -0.39 is 5.60 Å². The van der Waals surface area contributed by atoms with Crippen LogP contribution in [0.25, 0.3) is 0 Å². The number of hydrogen-bond acceptors (Lipinski definition) is 4. The van der Waals surface area contributed by atoms with Crippen molar-refractivity contribution < 1.29 is 5.11 Å². The monoisotopic (exact) mass is 348 g/mol. The second kappa shape index (κ2) is 8.08. The van der Waals surface area contributed by atoms with E-state index in [-0.39, 0.29) is 0 Å². The number of rotatable bonds is 5. The fourth-order valence-electron chi connectivity index (χ4n) is 3.83. The molecule has 2 aliphatic rings. The number of aliphatic imine (C=N–C) groups is 1. The molecule has 0 bridgehead atoms. The van der Waals surface area contributed by atoms with Crippen molar-refractivity contribution >= 4 is 11.6 Å². The Morgan fingerprint density at radius 3 is 2.88 bits per heavy atom. The van der Waals surface area contributed by atoms with Crippen LogP contribution < -0.4 is 15.5 Å². The molecule has 140 valence electrons. The van der Waals surface area contributed by atoms with E-state index in [1.165, 1.54) is 5.69 Å². The van der Waals surface area contributed by atoms with Crippen molar-refractivity contribution in [3.63, 3.8) is 0 Å². The highest BCUT2D eigenvalue weighted by molar-refractivity contribution is 5.80. The van der Waals surface area contributed by atoms with E-state index in [0.29, 0.717) is 12.6 Å². The first-order chi connectivity index (χ1) is 12.1. The molecule has 0 amide bonds. The van der Waals surface area contributed by atoms with Crippen molar-refractivity contribution in [1.29, 1.82) is 0 Å². The fourth-order valence-corrected chi connectivity index (χ4v) is 3.83. The summed E-state index contributed by atoms with van der Waals surface area (Å²) in [4.78, 5) is 7.05. The summed E-state index contributed by atoms with van der Waals surface area (Å²) in [7, 11) is 1.95. The zero-order valence-corrected chi connectivity index (χ0v) is 15.5. The largest absolute Gasteiger partial charge is 0.388 e. The van der Waals surface area contributed by atoms with E-state index in [2.05, 4.69) is 38.7 Å². The van der Waals surface area contributed by atoms with Crippen LogP contribution in [0.1, 0.15) is 45.4 Å². The second-order valence-corrected chi connectivity index (χ2v) is 7.43. The van der Waals surface area contributed by atoms with Gasteiger partial charge in [0, 0.05) is 38.9 Å². The number of nitrogens with one attached hydrogen (secondary N) is 2. The van der Waals surface area contributed by atoms with Crippen molar-refractivity contribution in [2.75, 3.05) is 31.1 Å². The van der Waals surface area contributed by atoms with Gasteiger partial charge in [-0.25, -0.2) is 0 Å². The zero-order chi connectivity index (χ0) is 17.7. The summed E-state index contributed by atoms with van der Waals surface area (Å²) < 4.78 is 1.85. The normalized spacial score (nSPS) is 23.7. The topological polar surface area (TPSA) is 77.7 Å². The van der Waals surface area contributed by atoms with Gasteiger partial charge in [-0.05, 0) is 32.6 Å². The summed E-state index contributed by atoms with van der Waals surface area (Å²) in [6, 6.07) is 0.352. The summed E-state index contributed by atoms with van der Waals surface area (Å²) in [6.45, 7) is 5.40. The first-order valence-corrected chi connectivity index (χ1v) is 9.59. The lowest BCUT2D eigenvalue weighted by atomic mass is 10.0. The van der Waals surface area contributed by atoms with E-state index in [4.69, 9.17) is 0 Å². The molecule has 1 aromatic rings. The SMILES string of the molecule is CCNC(=NCC1(O)CCCC1)NC1CCCN(c2cnn(C)c2)C1. The van der Waals surface area contributed by atoms with Gasteiger partial charge in [0.25, 0.3) is 0 Å². The molecule has 0 aromatic carbocycles. The van der Waals surface area contributed by atoms with Crippen LogP contribution in [0.5, 0.6) is 0 Å². The van der Waals surface area contributed by atoms with Crippen LogP contribution in [0.4, 0.5) is 5.69 Å². The molecule has 1 saturated carbocycles. The zero-order valence-electron chi connectivity index (χ0n) is 15.5. The molecule has 1 aliphatic carbocycles. The Morgan fingerprint density at radius 1 is 1.40 bits per heavy atom. The fraction of sp³-hybridized carbons (Fsp3) is 0.778. The molecule has 25 heavy (non-hydrogen) atoms. The van der Waals surface area contributed by atoms with E-state index in [1.807, 2.05) is 17.9 Å². The molecule has 3 N–H and O–H groups in total. The number of aromatic nitrogens is 2. The summed E-state index contributed by atoms with van der Waals surface area (Å²) in [6.07, 6.45) is 10.2. The highest BCUT2D eigenvalue weighted by Gasteiger charge is 2.31. The Hall–Kier alpha value is -1.76. The third-order valence-electron chi connectivity index (χ3n) is 5.23. The van der Waals surface area contributed by atoms with Crippen LogP contribution in [0.15, 0.2) is 17.4 Å². The Morgan fingerprint density at radius 2 is 2.20 bits per heavy atom. The Balaban J connectivity index is 1.59. The lowest BCUT2D eigenvalue weighted by Crippen LogP contribution is -2.51. The maximum absolute atomic E-state index is 10.5. The van der Waals surface area contributed by atoms with Gasteiger partial charge in [-0.15, -0.1) is 0 Å². The smallest absolute Gasteiger partial charge is 0.191 e. The number of anilines is 1. The highest BCUT2D eigenvalue weighted by atomic mass is 16.3. The van der Waals surface area contributed by atoms with Crippen LogP contribution in [-0.4, -0.2) is 58.7 Å². The van der Waals surface area contributed by atoms with Gasteiger partial charge in [0.15, 0.2) is 5.96 Å². The van der Waals surface area contributed by atoms with E-state index in [0.717, 1.165) is 64.1 Å². The maximum Gasteiger partial charge on any atom is 0.191 e. The Kier molecular flexibility index (Phi) is 5.83. The molecule has 0 radical (unpaired) electrons. The van der Waals surface area contributed by atoms with Crippen molar-refractivity contribution in [3.8, 4) is 0 Å². The van der Waals surface area contributed by atoms with Gasteiger partial charge in [-0.1, -0.05) is 12.8 Å². The predicted molar refractivity (Wildman–Crippen MR) is 101 cm³/mol. The van der Waals surface area contributed by atoms with Gasteiger partial charge in [-0.2, -0.15) is 5.10 Å². The molecule has 1 saturated heterocycles. The van der Waals surface area contributed by atoms with Crippen LogP contribution in [0.2, 0.25) is 0 Å². The van der Waals surface area contributed by atoms with Gasteiger partial charge in [-0.3, -0.25) is 9.67 Å². The minimum Gasteiger partial charge on any atom is -0.388 e. The highest BCUT2D eigenvalue weighted by Crippen LogP contribution is 2.29. The number of hydrogen-bond donors (Lipinski definition) is 3. The van der Waals surface area contributed by atoms with Crippen LogP contribution >= 0.6 is 0 Å². The minimum absolute atomic E-state index is 0.352. The molecule has 2 fully saturated rings.